The van der Waals surface area contributed by atoms with Crippen molar-refractivity contribution in [1.82, 2.24) is 19.6 Å². The lowest BCUT2D eigenvalue weighted by atomic mass is 9.67. The van der Waals surface area contributed by atoms with Gasteiger partial charge in [-0.15, -0.1) is 0 Å². The minimum atomic E-state index is -4.52. The molecule has 3 aliphatic rings. The molecule has 0 aromatic heterocycles. The van der Waals surface area contributed by atoms with Gasteiger partial charge in [0.2, 0.25) is 11.8 Å². The molecule has 4 amide bonds. The number of amides is 4. The molecule has 276 valence electrons. The Kier molecular flexibility index (Phi) is 12.5. The average molecular weight is 721 g/mol. The first-order valence-corrected chi connectivity index (χ1v) is 19.3. The molecule has 2 atom stereocenters. The van der Waals surface area contributed by atoms with Crippen LogP contribution in [0.2, 0.25) is 0 Å². The lowest BCUT2D eigenvalue weighted by Crippen LogP contribution is -2.59. The number of imide groups is 1. The molecule has 9 nitrogen and oxygen atoms in total. The summed E-state index contributed by atoms with van der Waals surface area (Å²) in [5, 5.41) is 0. The van der Waals surface area contributed by atoms with Gasteiger partial charge >= 0.3 is 12.2 Å². The van der Waals surface area contributed by atoms with E-state index in [9.17, 15) is 36.0 Å². The van der Waals surface area contributed by atoms with Crippen LogP contribution in [0.25, 0.3) is 0 Å². The third-order valence-electron chi connectivity index (χ3n) is 10.8. The van der Waals surface area contributed by atoms with Gasteiger partial charge in [0.05, 0.1) is 11.4 Å². The number of alkyl halides is 3. The molecule has 0 bridgehead atoms. The molecule has 13 heteroatoms. The lowest BCUT2D eigenvalue weighted by Gasteiger charge is -2.48. The molecule has 1 unspecified atom stereocenters. The van der Waals surface area contributed by atoms with Crippen molar-refractivity contribution in [2.45, 2.75) is 83.0 Å². The van der Waals surface area contributed by atoms with Crippen molar-refractivity contribution in [3.63, 3.8) is 0 Å². The van der Waals surface area contributed by atoms with Gasteiger partial charge in [0.25, 0.3) is 0 Å². The number of benzene rings is 2. The molecule has 50 heavy (non-hydrogen) atoms. The second-order valence-corrected chi connectivity index (χ2v) is 16.4. The van der Waals surface area contributed by atoms with E-state index in [-0.39, 0.29) is 36.1 Å². The molecule has 2 aliphatic heterocycles. The maximum Gasteiger partial charge on any atom is 0.403 e. The van der Waals surface area contributed by atoms with E-state index in [1.807, 2.05) is 57.2 Å². The molecular formula is C37H51F3N4O5S. The van der Waals surface area contributed by atoms with E-state index in [4.69, 9.17) is 0 Å². The smallest absolute Gasteiger partial charge is 0.341 e. The molecule has 1 saturated carbocycles. The molecular weight excluding hydrogens is 669 g/mol. The van der Waals surface area contributed by atoms with E-state index in [1.54, 1.807) is 17.0 Å². The average Bonchev–Trinajstić information content (AvgIpc) is 3.40. The summed E-state index contributed by atoms with van der Waals surface area (Å²) in [6.07, 6.45) is -1.93. The molecule has 2 aromatic rings. The van der Waals surface area contributed by atoms with Gasteiger partial charge in [-0.3, -0.25) is 14.5 Å². The number of sulfone groups is 1. The van der Waals surface area contributed by atoms with Crippen molar-refractivity contribution >= 4 is 27.7 Å². The van der Waals surface area contributed by atoms with Crippen molar-refractivity contribution in [3.8, 4) is 0 Å². The predicted molar refractivity (Wildman–Crippen MR) is 186 cm³/mol. The number of halogens is 3. The lowest BCUT2D eigenvalue weighted by molar-refractivity contribution is -0.248. The van der Waals surface area contributed by atoms with Gasteiger partial charge in [0, 0.05) is 58.0 Å². The zero-order chi connectivity index (χ0) is 36.9. The van der Waals surface area contributed by atoms with E-state index in [0.29, 0.717) is 64.1 Å². The van der Waals surface area contributed by atoms with Gasteiger partial charge in [-0.1, -0.05) is 61.9 Å². The Morgan fingerprint density at radius 1 is 0.920 bits per heavy atom. The van der Waals surface area contributed by atoms with Gasteiger partial charge in [-0.05, 0) is 69.1 Å². The second kappa shape index (κ2) is 15.8. The Bertz CT molecular complexity index is 1550. The van der Waals surface area contributed by atoms with Crippen molar-refractivity contribution in [1.29, 1.82) is 0 Å². The minimum Gasteiger partial charge on any atom is -0.341 e. The summed E-state index contributed by atoms with van der Waals surface area (Å²) >= 11 is 0. The van der Waals surface area contributed by atoms with Crippen LogP contribution in [0.5, 0.6) is 0 Å². The number of carbonyl (C=O) groups is 3. The Morgan fingerprint density at radius 3 is 1.88 bits per heavy atom. The summed E-state index contributed by atoms with van der Waals surface area (Å²) in [7, 11) is -3.37. The third kappa shape index (κ3) is 8.88. The first-order chi connectivity index (χ1) is 23.4. The summed E-state index contributed by atoms with van der Waals surface area (Å²) in [6, 6.07) is 17.7. The van der Waals surface area contributed by atoms with Crippen LogP contribution in [0.3, 0.4) is 0 Å². The number of carbonyl (C=O) groups excluding carboxylic acids is 3. The van der Waals surface area contributed by atoms with Crippen molar-refractivity contribution in [3.05, 3.63) is 66.2 Å². The summed E-state index contributed by atoms with van der Waals surface area (Å²) < 4.78 is 64.9. The molecule has 1 aliphatic carbocycles. The second-order valence-electron chi connectivity index (χ2n) is 14.4. The highest BCUT2D eigenvalue weighted by Crippen LogP contribution is 2.54. The molecule has 0 radical (unpaired) electrons. The Balaban J connectivity index is 0.000000845. The SMILES string of the molecule is CCN(C(=O)N(Cc1ccc(S(C)(=O)=O)cc1)C(C)=O)C1(C)CCN(C[C@H]2CN(C(=O)C3(C(F)(F)F)CCC3)CC2C)CC1.c1ccccc1. The van der Waals surface area contributed by atoms with Gasteiger partial charge in [0.1, 0.15) is 5.41 Å². The Hall–Kier alpha value is -3.45. The molecule has 5 rings (SSSR count). The van der Waals surface area contributed by atoms with E-state index >= 15 is 0 Å². The quantitative estimate of drug-likeness (QED) is 0.320. The highest BCUT2D eigenvalue weighted by molar-refractivity contribution is 7.90. The van der Waals surface area contributed by atoms with Crippen LogP contribution < -0.4 is 0 Å². The molecule has 0 spiro atoms. The molecule has 0 N–H and O–H groups in total. The van der Waals surface area contributed by atoms with Gasteiger partial charge in [0.15, 0.2) is 9.84 Å². The number of nitrogens with zero attached hydrogens (tertiary/aromatic N) is 4. The zero-order valence-electron chi connectivity index (χ0n) is 29.8. The largest absolute Gasteiger partial charge is 0.403 e. The van der Waals surface area contributed by atoms with Crippen molar-refractivity contribution < 1.29 is 36.0 Å². The van der Waals surface area contributed by atoms with Crippen LogP contribution in [-0.2, 0) is 26.0 Å². The Labute approximate surface area is 294 Å². The van der Waals surface area contributed by atoms with E-state index < -0.39 is 44.8 Å². The monoisotopic (exact) mass is 720 g/mol. The van der Waals surface area contributed by atoms with Gasteiger partial charge in [-0.2, -0.15) is 13.2 Å². The molecule has 2 saturated heterocycles. The van der Waals surface area contributed by atoms with Crippen molar-refractivity contribution in [2.24, 2.45) is 17.3 Å². The van der Waals surface area contributed by atoms with E-state index in [0.717, 1.165) is 6.26 Å². The highest BCUT2D eigenvalue weighted by Gasteiger charge is 2.65. The minimum absolute atomic E-state index is 0.0152. The number of urea groups is 1. The van der Waals surface area contributed by atoms with Crippen molar-refractivity contribution in [2.75, 3.05) is 45.5 Å². The Morgan fingerprint density at radius 2 is 1.46 bits per heavy atom. The highest BCUT2D eigenvalue weighted by atomic mass is 32.2. The fourth-order valence-corrected chi connectivity index (χ4v) is 7.96. The number of likely N-dealkylation sites (tertiary alicyclic amines) is 2. The van der Waals surface area contributed by atoms with E-state index in [2.05, 4.69) is 4.90 Å². The maximum absolute atomic E-state index is 13.8. The van der Waals surface area contributed by atoms with E-state index in [1.165, 1.54) is 28.9 Å². The summed E-state index contributed by atoms with van der Waals surface area (Å²) in [5.41, 5.74) is -2.09. The van der Waals surface area contributed by atoms with Crippen LogP contribution in [0.15, 0.2) is 65.6 Å². The molecule has 3 fully saturated rings. The van der Waals surface area contributed by atoms with Crippen LogP contribution in [0.4, 0.5) is 18.0 Å². The van der Waals surface area contributed by atoms with Crippen LogP contribution >= 0.6 is 0 Å². The fraction of sp³-hybridized carbons (Fsp3) is 0.595. The first kappa shape index (κ1) is 39.3. The third-order valence-corrected chi connectivity index (χ3v) is 11.9. The fourth-order valence-electron chi connectivity index (χ4n) is 7.33. The number of hydrogen-bond acceptors (Lipinski definition) is 6. The van der Waals surface area contributed by atoms with Crippen LogP contribution in [-0.4, -0.2) is 103 Å². The van der Waals surface area contributed by atoms with Gasteiger partial charge < -0.3 is 14.7 Å². The van der Waals surface area contributed by atoms with Gasteiger partial charge in [-0.25, -0.2) is 13.2 Å². The standard InChI is InChI=1S/C31H45F3N4O5S.C6H6/c1-6-38(28(41)37(23(3)39)19-24-8-10-26(11-9-24)44(5,42)43)29(4)14-16-35(17-15-29)20-25-21-36(18-22(25)2)27(40)30(12-7-13-30)31(32,33)34;1-2-4-6-5-3-1/h8-11,22,25H,6-7,12-21H2,1-5H3;1-6H/t22?,25-;/m0./s1. The molecule has 2 aromatic carbocycles. The molecule has 2 heterocycles. The van der Waals surface area contributed by atoms with Crippen LogP contribution in [0, 0.1) is 17.3 Å². The number of piperidine rings is 1. The predicted octanol–water partition coefficient (Wildman–Crippen LogP) is 6.25. The number of hydrogen-bond donors (Lipinski definition) is 0. The van der Waals surface area contributed by atoms with Crippen LogP contribution in [0.1, 0.15) is 65.4 Å². The summed E-state index contributed by atoms with van der Waals surface area (Å²) in [4.78, 5) is 46.1. The zero-order valence-corrected chi connectivity index (χ0v) is 30.6. The maximum atomic E-state index is 13.8. The number of rotatable bonds is 8. The first-order valence-electron chi connectivity index (χ1n) is 17.4. The summed E-state index contributed by atoms with van der Waals surface area (Å²) in [5.74, 6) is -1.03. The normalized spacial score (nSPS) is 21.7. The summed E-state index contributed by atoms with van der Waals surface area (Å²) in [6.45, 7) is 10.3. The topological polar surface area (TPSA) is 98.3 Å².